The van der Waals surface area contributed by atoms with Crippen molar-refractivity contribution in [3.05, 3.63) is 64.7 Å². The topological polar surface area (TPSA) is 78.4 Å². The molecule has 2 aromatic rings. The molecule has 2 amide bonds. The Kier molecular flexibility index (Phi) is 3.16. The lowest BCUT2D eigenvalue weighted by Crippen LogP contribution is -2.37. The molecule has 2 aromatic carbocycles. The molecule has 1 aliphatic heterocycles. The molecule has 116 valence electrons. The molecule has 2 aliphatic rings. The molecule has 0 unspecified atom stereocenters. The molecule has 5 heteroatoms. The molecule has 3 N–H and O–H groups in total. The lowest BCUT2D eigenvalue weighted by Gasteiger charge is -2.17. The van der Waals surface area contributed by atoms with Crippen molar-refractivity contribution in [3.8, 4) is 0 Å². The Hall–Kier alpha value is -2.66. The van der Waals surface area contributed by atoms with Crippen molar-refractivity contribution in [1.82, 2.24) is 5.32 Å². The number of hydrogen-bond acceptors (Lipinski definition) is 3. The van der Waals surface area contributed by atoms with Crippen LogP contribution in [0.5, 0.6) is 0 Å². The number of carbonyl (C=O) groups excluding carboxylic acids is 2. The first-order chi connectivity index (χ1) is 11.1. The van der Waals surface area contributed by atoms with Crippen LogP contribution in [-0.2, 0) is 17.6 Å². The van der Waals surface area contributed by atoms with Gasteiger partial charge in [0, 0.05) is 11.3 Å². The fraction of sp³-hybridized carbons (Fsp3) is 0.222. The maximum Gasteiger partial charge on any atom is 0.251 e. The quantitative estimate of drug-likeness (QED) is 0.788. The molecule has 4 rings (SSSR count). The molecular formula is C18H16N2O3. The number of aliphatic hydroxyl groups is 1. The summed E-state index contributed by atoms with van der Waals surface area (Å²) in [6, 6.07) is 12.5. The molecule has 23 heavy (non-hydrogen) atoms. The highest BCUT2D eigenvalue weighted by atomic mass is 16.3. The number of amides is 2. The zero-order chi connectivity index (χ0) is 16.0. The van der Waals surface area contributed by atoms with Crippen LogP contribution in [0.2, 0.25) is 0 Å². The zero-order valence-electron chi connectivity index (χ0n) is 12.4. The van der Waals surface area contributed by atoms with Crippen LogP contribution >= 0.6 is 0 Å². The molecule has 5 nitrogen and oxygen atoms in total. The Balaban J connectivity index is 1.51. The molecule has 0 bridgehead atoms. The maximum atomic E-state index is 12.4. The molecule has 1 aliphatic carbocycles. The summed E-state index contributed by atoms with van der Waals surface area (Å²) in [6.07, 6.45) is 0.280. The molecule has 1 heterocycles. The molecule has 0 radical (unpaired) electrons. The van der Waals surface area contributed by atoms with Gasteiger partial charge in [0.2, 0.25) is 5.91 Å². The van der Waals surface area contributed by atoms with Crippen LogP contribution in [0.1, 0.15) is 33.2 Å². The van der Waals surface area contributed by atoms with E-state index >= 15 is 0 Å². The summed E-state index contributed by atoms with van der Waals surface area (Å²) in [6.45, 7) is 0. The largest absolute Gasteiger partial charge is 0.386 e. The lowest BCUT2D eigenvalue weighted by atomic mass is 10.1. The minimum Gasteiger partial charge on any atom is -0.386 e. The van der Waals surface area contributed by atoms with E-state index in [0.717, 1.165) is 16.7 Å². The van der Waals surface area contributed by atoms with E-state index < -0.39 is 6.10 Å². The van der Waals surface area contributed by atoms with Crippen LogP contribution < -0.4 is 10.6 Å². The van der Waals surface area contributed by atoms with Gasteiger partial charge in [0.1, 0.15) is 0 Å². The smallest absolute Gasteiger partial charge is 0.251 e. The normalized spacial score (nSPS) is 21.5. The van der Waals surface area contributed by atoms with E-state index in [4.69, 9.17) is 0 Å². The van der Waals surface area contributed by atoms with Crippen molar-refractivity contribution in [2.75, 3.05) is 5.32 Å². The lowest BCUT2D eigenvalue weighted by molar-refractivity contribution is -0.115. The highest BCUT2D eigenvalue weighted by Crippen LogP contribution is 2.31. The van der Waals surface area contributed by atoms with Crippen molar-refractivity contribution < 1.29 is 14.7 Å². The van der Waals surface area contributed by atoms with Gasteiger partial charge in [0.25, 0.3) is 5.91 Å². The van der Waals surface area contributed by atoms with Gasteiger partial charge in [0.15, 0.2) is 0 Å². The maximum absolute atomic E-state index is 12.4. The second-order valence-corrected chi connectivity index (χ2v) is 6.02. The fourth-order valence-corrected chi connectivity index (χ4v) is 3.31. The predicted molar refractivity (Wildman–Crippen MR) is 85.1 cm³/mol. The Labute approximate surface area is 133 Å². The molecule has 0 fully saturated rings. The summed E-state index contributed by atoms with van der Waals surface area (Å²) >= 11 is 0. The van der Waals surface area contributed by atoms with Crippen LogP contribution in [-0.4, -0.2) is 23.0 Å². The Bertz CT molecular complexity index is 816. The number of anilines is 1. The summed E-state index contributed by atoms with van der Waals surface area (Å²) in [4.78, 5) is 23.8. The number of benzene rings is 2. The van der Waals surface area contributed by atoms with E-state index in [0.29, 0.717) is 24.1 Å². The Morgan fingerprint density at radius 3 is 2.83 bits per heavy atom. The molecule has 0 saturated heterocycles. The summed E-state index contributed by atoms with van der Waals surface area (Å²) in [5.41, 5.74) is 4.01. The van der Waals surface area contributed by atoms with Gasteiger partial charge in [-0.15, -0.1) is 0 Å². The van der Waals surface area contributed by atoms with Crippen molar-refractivity contribution in [2.24, 2.45) is 0 Å². The average molecular weight is 308 g/mol. The average Bonchev–Trinajstić information content (AvgIpc) is 3.06. The summed E-state index contributed by atoms with van der Waals surface area (Å²) in [5.74, 6) is -0.301. The first-order valence-corrected chi connectivity index (χ1v) is 7.61. The van der Waals surface area contributed by atoms with E-state index in [9.17, 15) is 14.7 Å². The van der Waals surface area contributed by atoms with Crippen LogP contribution in [0.4, 0.5) is 5.69 Å². The first-order valence-electron chi connectivity index (χ1n) is 7.61. The van der Waals surface area contributed by atoms with Gasteiger partial charge < -0.3 is 15.7 Å². The van der Waals surface area contributed by atoms with Crippen LogP contribution in [0, 0.1) is 0 Å². The number of hydrogen-bond donors (Lipinski definition) is 3. The molecular weight excluding hydrogens is 292 g/mol. The number of aliphatic hydroxyl groups excluding tert-OH is 1. The number of rotatable bonds is 2. The third-order valence-corrected chi connectivity index (χ3v) is 4.51. The van der Waals surface area contributed by atoms with Gasteiger partial charge in [-0.05, 0) is 35.2 Å². The first kappa shape index (κ1) is 14.0. The summed E-state index contributed by atoms with van der Waals surface area (Å²) in [5, 5.41) is 16.0. The second-order valence-electron chi connectivity index (χ2n) is 6.02. The number of carbonyl (C=O) groups is 2. The second kappa shape index (κ2) is 5.21. The minimum atomic E-state index is -0.690. The third-order valence-electron chi connectivity index (χ3n) is 4.51. The SMILES string of the molecule is O=C1Cc2ccc(C(=O)N[C@H]3Cc4ccccc4[C@@H]3O)cc2N1. The van der Waals surface area contributed by atoms with Gasteiger partial charge in [-0.1, -0.05) is 30.3 Å². The third kappa shape index (κ3) is 2.39. The molecule has 0 saturated carbocycles. The van der Waals surface area contributed by atoms with Crippen LogP contribution in [0.3, 0.4) is 0 Å². The fourth-order valence-electron chi connectivity index (χ4n) is 3.31. The summed E-state index contributed by atoms with van der Waals surface area (Å²) < 4.78 is 0. The number of nitrogens with one attached hydrogen (secondary N) is 2. The predicted octanol–water partition coefficient (Wildman–Crippen LogP) is 1.57. The monoisotopic (exact) mass is 308 g/mol. The minimum absolute atomic E-state index is 0.0563. The molecule has 2 atom stereocenters. The van der Waals surface area contributed by atoms with Gasteiger partial charge in [-0.2, -0.15) is 0 Å². The van der Waals surface area contributed by atoms with Crippen LogP contribution in [0.25, 0.3) is 0 Å². The highest BCUT2D eigenvalue weighted by Gasteiger charge is 2.32. The van der Waals surface area contributed by atoms with E-state index in [1.807, 2.05) is 24.3 Å². The Morgan fingerprint density at radius 2 is 2.00 bits per heavy atom. The van der Waals surface area contributed by atoms with Crippen molar-refractivity contribution in [3.63, 3.8) is 0 Å². The standard InChI is InChI=1S/C18H16N2O3/c21-16-9-11-5-6-12(8-14(11)19-16)18(23)20-15-7-10-3-1-2-4-13(10)17(15)22/h1-6,8,15,17,22H,7,9H2,(H,19,21)(H,20,23)/t15-,17-/m0/s1. The Morgan fingerprint density at radius 1 is 1.17 bits per heavy atom. The van der Waals surface area contributed by atoms with E-state index in [1.165, 1.54) is 0 Å². The van der Waals surface area contributed by atoms with E-state index in [1.54, 1.807) is 18.2 Å². The molecule has 0 spiro atoms. The van der Waals surface area contributed by atoms with E-state index in [2.05, 4.69) is 10.6 Å². The van der Waals surface area contributed by atoms with Gasteiger partial charge in [-0.3, -0.25) is 9.59 Å². The van der Waals surface area contributed by atoms with Crippen LogP contribution in [0.15, 0.2) is 42.5 Å². The highest BCUT2D eigenvalue weighted by molar-refractivity contribution is 6.02. The van der Waals surface area contributed by atoms with Gasteiger partial charge in [0.05, 0.1) is 18.6 Å². The number of fused-ring (bicyclic) bond motifs is 2. The van der Waals surface area contributed by atoms with E-state index in [-0.39, 0.29) is 17.9 Å². The van der Waals surface area contributed by atoms with Crippen molar-refractivity contribution in [2.45, 2.75) is 25.0 Å². The van der Waals surface area contributed by atoms with Gasteiger partial charge >= 0.3 is 0 Å². The summed E-state index contributed by atoms with van der Waals surface area (Å²) in [7, 11) is 0. The van der Waals surface area contributed by atoms with Crippen molar-refractivity contribution >= 4 is 17.5 Å². The molecule has 0 aromatic heterocycles. The van der Waals surface area contributed by atoms with Crippen molar-refractivity contribution in [1.29, 1.82) is 0 Å². The zero-order valence-corrected chi connectivity index (χ0v) is 12.4. The van der Waals surface area contributed by atoms with Gasteiger partial charge in [-0.25, -0.2) is 0 Å².